The van der Waals surface area contributed by atoms with Crippen LogP contribution in [0.1, 0.15) is 11.9 Å². The first-order chi connectivity index (χ1) is 9.83. The van der Waals surface area contributed by atoms with Crippen molar-refractivity contribution in [3.05, 3.63) is 29.8 Å². The third kappa shape index (κ3) is 3.16. The maximum atomic E-state index is 12.0. The monoisotopic (exact) mass is 278 g/mol. The third-order valence-electron chi connectivity index (χ3n) is 3.29. The SMILES string of the molecule is O=C(Nc1ccc(C2OCCO2)cc1)C1CNCCO1. The molecule has 6 nitrogen and oxygen atoms in total. The van der Waals surface area contributed by atoms with Gasteiger partial charge in [-0.05, 0) is 12.1 Å². The molecule has 2 aliphatic heterocycles. The van der Waals surface area contributed by atoms with Crippen LogP contribution >= 0.6 is 0 Å². The van der Waals surface area contributed by atoms with E-state index >= 15 is 0 Å². The molecule has 0 bridgehead atoms. The number of ether oxygens (including phenoxy) is 3. The molecule has 1 aromatic rings. The molecule has 1 aromatic carbocycles. The number of hydrogen-bond donors (Lipinski definition) is 2. The molecule has 2 N–H and O–H groups in total. The highest BCUT2D eigenvalue weighted by Gasteiger charge is 2.22. The van der Waals surface area contributed by atoms with Crippen molar-refractivity contribution in [1.29, 1.82) is 0 Å². The smallest absolute Gasteiger partial charge is 0.254 e. The molecule has 1 unspecified atom stereocenters. The van der Waals surface area contributed by atoms with E-state index in [-0.39, 0.29) is 12.2 Å². The molecule has 0 saturated carbocycles. The molecule has 3 rings (SSSR count). The quantitative estimate of drug-likeness (QED) is 0.850. The number of anilines is 1. The van der Waals surface area contributed by atoms with Crippen LogP contribution in [0.2, 0.25) is 0 Å². The van der Waals surface area contributed by atoms with Crippen molar-refractivity contribution in [2.45, 2.75) is 12.4 Å². The normalized spacial score (nSPS) is 23.7. The van der Waals surface area contributed by atoms with Gasteiger partial charge in [-0.15, -0.1) is 0 Å². The number of morpholine rings is 1. The topological polar surface area (TPSA) is 68.8 Å². The van der Waals surface area contributed by atoms with Crippen molar-refractivity contribution in [2.75, 3.05) is 38.2 Å². The van der Waals surface area contributed by atoms with Gasteiger partial charge in [0.25, 0.3) is 5.91 Å². The molecule has 0 spiro atoms. The summed E-state index contributed by atoms with van der Waals surface area (Å²) in [6.45, 7) is 3.14. The average molecular weight is 278 g/mol. The van der Waals surface area contributed by atoms with E-state index in [4.69, 9.17) is 14.2 Å². The van der Waals surface area contributed by atoms with E-state index in [1.54, 1.807) is 0 Å². The minimum atomic E-state index is -0.426. The van der Waals surface area contributed by atoms with Gasteiger partial charge in [-0.3, -0.25) is 4.79 Å². The summed E-state index contributed by atoms with van der Waals surface area (Å²) in [4.78, 5) is 12.0. The van der Waals surface area contributed by atoms with Crippen LogP contribution in [0.25, 0.3) is 0 Å². The predicted molar refractivity (Wildman–Crippen MR) is 72.3 cm³/mol. The predicted octanol–water partition coefficient (Wildman–Crippen LogP) is 0.659. The zero-order valence-electron chi connectivity index (χ0n) is 11.1. The molecule has 20 heavy (non-hydrogen) atoms. The van der Waals surface area contributed by atoms with E-state index < -0.39 is 6.10 Å². The fourth-order valence-electron chi connectivity index (χ4n) is 2.23. The van der Waals surface area contributed by atoms with Crippen molar-refractivity contribution in [3.63, 3.8) is 0 Å². The van der Waals surface area contributed by atoms with E-state index in [9.17, 15) is 4.79 Å². The summed E-state index contributed by atoms with van der Waals surface area (Å²) >= 11 is 0. The van der Waals surface area contributed by atoms with Crippen LogP contribution in [-0.4, -0.2) is 44.9 Å². The maximum Gasteiger partial charge on any atom is 0.254 e. The van der Waals surface area contributed by atoms with Crippen LogP contribution < -0.4 is 10.6 Å². The maximum absolute atomic E-state index is 12.0. The summed E-state index contributed by atoms with van der Waals surface area (Å²) in [6, 6.07) is 7.47. The van der Waals surface area contributed by atoms with Gasteiger partial charge >= 0.3 is 0 Å². The second-order valence-electron chi connectivity index (χ2n) is 4.75. The Labute approximate surface area is 117 Å². The van der Waals surface area contributed by atoms with Gasteiger partial charge in [-0.25, -0.2) is 0 Å². The summed E-state index contributed by atoms with van der Waals surface area (Å²) in [5.41, 5.74) is 1.70. The highest BCUT2D eigenvalue weighted by Crippen LogP contribution is 2.24. The molecule has 6 heteroatoms. The third-order valence-corrected chi connectivity index (χ3v) is 3.29. The standard InChI is InChI=1S/C14H18N2O4/c17-13(12-9-15-5-6-18-12)16-11-3-1-10(2-4-11)14-19-7-8-20-14/h1-4,12,14-15H,5-9H2,(H,16,17). The molecule has 2 saturated heterocycles. The molecule has 0 radical (unpaired) electrons. The fraction of sp³-hybridized carbons (Fsp3) is 0.500. The zero-order chi connectivity index (χ0) is 13.8. The Hall–Kier alpha value is -1.47. The molecule has 2 heterocycles. The van der Waals surface area contributed by atoms with Crippen LogP contribution in [0.4, 0.5) is 5.69 Å². The van der Waals surface area contributed by atoms with Crippen LogP contribution in [0.15, 0.2) is 24.3 Å². The summed E-state index contributed by atoms with van der Waals surface area (Å²) < 4.78 is 16.2. The van der Waals surface area contributed by atoms with Gasteiger partial charge in [-0.1, -0.05) is 12.1 Å². The van der Waals surface area contributed by atoms with Crippen molar-refractivity contribution in [2.24, 2.45) is 0 Å². The number of carbonyl (C=O) groups is 1. The van der Waals surface area contributed by atoms with Gasteiger partial charge in [-0.2, -0.15) is 0 Å². The van der Waals surface area contributed by atoms with Crippen LogP contribution in [-0.2, 0) is 19.0 Å². The molecular formula is C14H18N2O4. The Balaban J connectivity index is 1.58. The molecule has 1 atom stereocenters. The van der Waals surface area contributed by atoms with Gasteiger partial charge < -0.3 is 24.8 Å². The first kappa shape index (κ1) is 13.5. The van der Waals surface area contributed by atoms with E-state index in [2.05, 4.69) is 10.6 Å². The molecule has 0 aromatic heterocycles. The lowest BCUT2D eigenvalue weighted by molar-refractivity contribution is -0.128. The van der Waals surface area contributed by atoms with Crippen LogP contribution in [0, 0.1) is 0 Å². The first-order valence-corrected chi connectivity index (χ1v) is 6.79. The van der Waals surface area contributed by atoms with Crippen molar-refractivity contribution < 1.29 is 19.0 Å². The van der Waals surface area contributed by atoms with Crippen LogP contribution in [0.5, 0.6) is 0 Å². The molecule has 108 valence electrons. The Morgan fingerprint density at radius 3 is 2.50 bits per heavy atom. The van der Waals surface area contributed by atoms with Crippen LogP contribution in [0.3, 0.4) is 0 Å². The summed E-state index contributed by atoms with van der Waals surface area (Å²) in [5.74, 6) is -0.127. The number of amides is 1. The number of carbonyl (C=O) groups excluding carboxylic acids is 1. The van der Waals surface area contributed by atoms with E-state index in [0.717, 1.165) is 17.8 Å². The molecule has 2 aliphatic rings. The summed E-state index contributed by atoms with van der Waals surface area (Å²) in [5, 5.41) is 5.97. The largest absolute Gasteiger partial charge is 0.366 e. The second-order valence-corrected chi connectivity index (χ2v) is 4.75. The number of rotatable bonds is 3. The van der Waals surface area contributed by atoms with Gasteiger partial charge in [0.1, 0.15) is 6.10 Å². The highest BCUT2D eigenvalue weighted by molar-refractivity contribution is 5.94. The second kappa shape index (κ2) is 6.32. The molecule has 1 amide bonds. The number of nitrogens with one attached hydrogen (secondary N) is 2. The van der Waals surface area contributed by atoms with Gasteiger partial charge in [0, 0.05) is 24.3 Å². The first-order valence-electron chi connectivity index (χ1n) is 6.79. The Bertz CT molecular complexity index is 451. The minimum absolute atomic E-state index is 0.127. The fourth-order valence-corrected chi connectivity index (χ4v) is 2.23. The number of hydrogen-bond acceptors (Lipinski definition) is 5. The lowest BCUT2D eigenvalue weighted by Crippen LogP contribution is -2.45. The summed E-state index contributed by atoms with van der Waals surface area (Å²) in [6.07, 6.45) is -0.712. The average Bonchev–Trinajstić information content (AvgIpc) is 3.03. The number of benzene rings is 1. The van der Waals surface area contributed by atoms with E-state index in [1.807, 2.05) is 24.3 Å². The Kier molecular flexibility index (Phi) is 4.27. The zero-order valence-corrected chi connectivity index (χ0v) is 11.1. The summed E-state index contributed by atoms with van der Waals surface area (Å²) in [7, 11) is 0. The van der Waals surface area contributed by atoms with E-state index in [0.29, 0.717) is 26.4 Å². The Morgan fingerprint density at radius 1 is 1.10 bits per heavy atom. The molecule has 0 aliphatic carbocycles. The van der Waals surface area contributed by atoms with Gasteiger partial charge in [0.2, 0.25) is 0 Å². The van der Waals surface area contributed by atoms with Crippen molar-refractivity contribution >= 4 is 11.6 Å². The van der Waals surface area contributed by atoms with Gasteiger partial charge in [0.15, 0.2) is 6.29 Å². The molecule has 2 fully saturated rings. The van der Waals surface area contributed by atoms with Crippen molar-refractivity contribution in [3.8, 4) is 0 Å². The Morgan fingerprint density at radius 2 is 1.85 bits per heavy atom. The van der Waals surface area contributed by atoms with Crippen molar-refractivity contribution in [1.82, 2.24) is 5.32 Å². The van der Waals surface area contributed by atoms with Gasteiger partial charge in [0.05, 0.1) is 19.8 Å². The lowest BCUT2D eigenvalue weighted by atomic mass is 10.2. The highest BCUT2D eigenvalue weighted by atomic mass is 16.7. The molecular weight excluding hydrogens is 260 g/mol. The van der Waals surface area contributed by atoms with E-state index in [1.165, 1.54) is 0 Å². The minimum Gasteiger partial charge on any atom is -0.366 e. The lowest BCUT2D eigenvalue weighted by Gasteiger charge is -2.22.